The Bertz CT molecular complexity index is 4830. The van der Waals surface area contributed by atoms with Crippen molar-refractivity contribution in [2.45, 2.75) is 77.0 Å². The Morgan fingerprint density at radius 2 is 0.860 bits per heavy atom. The molecule has 2 aliphatic carbocycles. The third kappa shape index (κ3) is 12.1. The van der Waals surface area contributed by atoms with Crippen molar-refractivity contribution < 1.29 is 44.8 Å². The molecule has 8 aromatic rings. The molecule has 0 fully saturated rings. The Balaban J connectivity index is 0.000000180. The molecule has 4 N–H and O–H groups in total. The summed E-state index contributed by atoms with van der Waals surface area (Å²) in [6, 6.07) is 64.4. The molecule has 2 heterocycles. The molecule has 0 radical (unpaired) electrons. The lowest BCUT2D eigenvalue weighted by molar-refractivity contribution is -0.404. The molecule has 4 aliphatic rings. The van der Waals surface area contributed by atoms with Gasteiger partial charge in [-0.05, 0) is 111 Å². The van der Waals surface area contributed by atoms with Gasteiger partial charge in [0.25, 0.3) is 0 Å². The van der Waals surface area contributed by atoms with Crippen molar-refractivity contribution in [2.75, 3.05) is 10.6 Å². The first-order valence-electron chi connectivity index (χ1n) is 28.7. The summed E-state index contributed by atoms with van der Waals surface area (Å²) in [6.45, 7) is 12.6. The number of rotatable bonds is 14. The lowest BCUT2D eigenvalue weighted by Gasteiger charge is -2.20. The largest absolute Gasteiger partial charge is 0.744 e. The minimum atomic E-state index is -4.75. The number of para-hydroxylation sites is 4. The molecule has 2 aliphatic heterocycles. The molecular formula is C72H64N4O8S2. The second-order valence-corrected chi connectivity index (χ2v) is 23.8. The van der Waals surface area contributed by atoms with Gasteiger partial charge in [-0.25, -0.2) is 26.8 Å². The maximum absolute atomic E-state index is 12.5. The molecule has 12 rings (SSSR count). The molecular weight excluding hydrogens is 1110 g/mol. The molecule has 14 heteroatoms. The van der Waals surface area contributed by atoms with Crippen LogP contribution in [0.4, 0.5) is 34.1 Å². The molecule has 0 amide bonds. The summed E-state index contributed by atoms with van der Waals surface area (Å²) in [4.78, 5) is 6.54. The minimum Gasteiger partial charge on any atom is -0.744 e. The second kappa shape index (κ2) is 24.6. The van der Waals surface area contributed by atoms with E-state index in [2.05, 4.69) is 84.7 Å². The van der Waals surface area contributed by atoms with Crippen molar-refractivity contribution >= 4 is 76.3 Å². The molecule has 0 saturated heterocycles. The summed E-state index contributed by atoms with van der Waals surface area (Å²) >= 11 is 0. The van der Waals surface area contributed by atoms with Gasteiger partial charge in [-0.3, -0.25) is 0 Å². The monoisotopic (exact) mass is 1180 g/mol. The molecule has 432 valence electrons. The predicted molar refractivity (Wildman–Crippen MR) is 339 cm³/mol. The van der Waals surface area contributed by atoms with Crippen molar-refractivity contribution in [3.05, 3.63) is 250 Å². The molecule has 0 aromatic heterocycles. The van der Waals surface area contributed by atoms with E-state index in [9.17, 15) is 25.9 Å². The fourth-order valence-corrected chi connectivity index (χ4v) is 12.7. The highest BCUT2D eigenvalue weighted by Gasteiger charge is 2.25. The third-order valence-electron chi connectivity index (χ3n) is 15.7. The summed E-state index contributed by atoms with van der Waals surface area (Å²) in [6.07, 6.45) is 3.56. The van der Waals surface area contributed by atoms with Gasteiger partial charge in [0.05, 0.1) is 21.9 Å². The number of anilines is 4. The molecule has 0 saturated carbocycles. The quantitative estimate of drug-likeness (QED) is 0.0601. The fraction of sp³-hybridized carbons (Fsp3) is 0.139. The zero-order valence-corrected chi connectivity index (χ0v) is 50.2. The molecule has 0 atom stereocenters. The highest BCUT2D eigenvalue weighted by molar-refractivity contribution is 7.86. The number of hydrogen-bond acceptors (Lipinski definition) is 10. The van der Waals surface area contributed by atoms with Gasteiger partial charge in [0.15, 0.2) is 0 Å². The van der Waals surface area contributed by atoms with E-state index in [1.807, 2.05) is 135 Å². The van der Waals surface area contributed by atoms with Crippen molar-refractivity contribution in [3.63, 3.8) is 0 Å². The van der Waals surface area contributed by atoms with Crippen LogP contribution in [0, 0.1) is 13.8 Å². The zero-order chi connectivity index (χ0) is 60.3. The van der Waals surface area contributed by atoms with Crippen LogP contribution in [0.25, 0.3) is 66.8 Å². The average molecular weight is 1180 g/mol. The summed E-state index contributed by atoms with van der Waals surface area (Å²) in [5, 5.41) is 10.1. The van der Waals surface area contributed by atoms with Crippen LogP contribution in [0.3, 0.4) is 0 Å². The van der Waals surface area contributed by atoms with Crippen molar-refractivity contribution in [2.24, 2.45) is 0 Å². The summed E-state index contributed by atoms with van der Waals surface area (Å²) in [7, 11) is -9.48. The first-order chi connectivity index (χ1) is 41.5. The number of nitrogens with one attached hydrogen (secondary N) is 4. The van der Waals surface area contributed by atoms with E-state index in [1.165, 1.54) is 34.4 Å². The zero-order valence-electron chi connectivity index (χ0n) is 48.5. The number of benzene rings is 10. The Labute approximate surface area is 501 Å². The molecule has 0 unspecified atom stereocenters. The molecule has 0 bridgehead atoms. The average Bonchev–Trinajstić information content (AvgIpc) is 1.30. The van der Waals surface area contributed by atoms with Crippen molar-refractivity contribution in [3.8, 4) is 44.9 Å². The van der Waals surface area contributed by atoms with E-state index in [0.29, 0.717) is 66.8 Å². The lowest BCUT2D eigenvalue weighted by atomic mass is 9.93. The first-order valence-corrected chi connectivity index (χ1v) is 31.5. The Morgan fingerprint density at radius 1 is 0.419 bits per heavy atom. The summed E-state index contributed by atoms with van der Waals surface area (Å²) < 4.78 is 87.3. The van der Waals surface area contributed by atoms with Gasteiger partial charge < -0.3 is 28.6 Å². The van der Waals surface area contributed by atoms with Crippen LogP contribution in [0.15, 0.2) is 225 Å². The van der Waals surface area contributed by atoms with Gasteiger partial charge >= 0.3 is 0 Å². The fourth-order valence-electron chi connectivity index (χ4n) is 11.3. The predicted octanol–water partition coefficient (Wildman–Crippen LogP) is 13.2. The SMILES string of the molecule is CCc1cccc(CC)c1Nc1ccc2c(-c3ccccc3S(=O)(=O)[O-])c3ccc(=[NH+]c4c(CC)cccc4CC)cc-3oc2c1.Cc1ccccc1Nc1ccc2c(-c3ccccc3S(=O)(=O)[O-])c3ccc(=[NH+]c4ccccc4C)cc-3oc2c1. The van der Waals surface area contributed by atoms with Gasteiger partial charge in [0.1, 0.15) is 42.9 Å². The highest BCUT2D eigenvalue weighted by Crippen LogP contribution is 2.45. The van der Waals surface area contributed by atoms with E-state index < -0.39 is 20.2 Å². The standard InChI is InChI=1S/C39H38N2O4S.C33H26N2O4S/c1-5-25-13-11-14-26(6-2)38(25)40-29-19-21-31-34(23-29)45-35-24-30(41-39-27(7-3)15-12-16-28(39)8-4)20-22-32(35)37(31)33-17-9-10-18-36(33)46(42,43)44;1-21-9-3-6-12-28(21)34-23-15-17-25-30(19-23)39-31-20-24(35-29-13-7-4-10-22(29)2)16-18-26(31)33(25)27-11-5-8-14-32(27)40(36,37)38/h9-24,40H,5-8H2,1-4H3,(H,42,43,44);3-20,34H,1-2H3,(H,36,37,38). The second-order valence-electron chi connectivity index (χ2n) is 21.1. The van der Waals surface area contributed by atoms with Crippen LogP contribution in [0.2, 0.25) is 0 Å². The van der Waals surface area contributed by atoms with Gasteiger partial charge in [0, 0.05) is 114 Å². The van der Waals surface area contributed by atoms with Crippen LogP contribution in [-0.4, -0.2) is 25.9 Å². The van der Waals surface area contributed by atoms with E-state index in [4.69, 9.17) is 8.83 Å². The van der Waals surface area contributed by atoms with Gasteiger partial charge in [-0.15, -0.1) is 0 Å². The van der Waals surface area contributed by atoms with Crippen molar-refractivity contribution in [1.29, 1.82) is 0 Å². The highest BCUT2D eigenvalue weighted by atomic mass is 32.2. The summed E-state index contributed by atoms with van der Waals surface area (Å²) in [5.41, 5.74) is 17.3. The van der Waals surface area contributed by atoms with E-state index in [1.54, 1.807) is 36.4 Å². The molecule has 12 nitrogen and oxygen atoms in total. The maximum Gasteiger partial charge on any atom is 0.210 e. The maximum atomic E-state index is 12.5. The van der Waals surface area contributed by atoms with Gasteiger partial charge in [-0.1, -0.05) is 137 Å². The Kier molecular flexibility index (Phi) is 16.7. The van der Waals surface area contributed by atoms with E-state index >= 15 is 0 Å². The number of fused-ring (bicyclic) bond motifs is 4. The van der Waals surface area contributed by atoms with E-state index in [-0.39, 0.29) is 9.79 Å². The third-order valence-corrected chi connectivity index (χ3v) is 17.5. The van der Waals surface area contributed by atoms with Crippen LogP contribution in [0.5, 0.6) is 0 Å². The van der Waals surface area contributed by atoms with Crippen LogP contribution in [0.1, 0.15) is 61.1 Å². The number of hydrogen-bond donors (Lipinski definition) is 4. The summed E-state index contributed by atoms with van der Waals surface area (Å²) in [5.74, 6) is 1.12. The normalized spacial score (nSPS) is 12.2. The van der Waals surface area contributed by atoms with Crippen LogP contribution >= 0.6 is 0 Å². The minimum absolute atomic E-state index is 0.262. The van der Waals surface area contributed by atoms with Gasteiger partial charge in [0.2, 0.25) is 22.1 Å². The van der Waals surface area contributed by atoms with Crippen LogP contribution < -0.4 is 31.3 Å². The Morgan fingerprint density at radius 3 is 1.35 bits per heavy atom. The lowest BCUT2D eigenvalue weighted by Crippen LogP contribution is -2.71. The number of aryl methyl sites for hydroxylation is 6. The van der Waals surface area contributed by atoms with Gasteiger partial charge in [-0.2, -0.15) is 0 Å². The van der Waals surface area contributed by atoms with Crippen molar-refractivity contribution in [1.82, 2.24) is 0 Å². The smallest absolute Gasteiger partial charge is 0.210 e. The van der Waals surface area contributed by atoms with E-state index in [0.717, 1.165) is 81.6 Å². The van der Waals surface area contributed by atoms with Crippen LogP contribution in [-0.2, 0) is 45.9 Å². The first kappa shape index (κ1) is 58.3. The molecule has 8 aromatic carbocycles. The molecule has 0 spiro atoms. The molecule has 86 heavy (non-hydrogen) atoms. The topological polar surface area (TPSA) is 193 Å². The Hall–Kier alpha value is -9.44.